The molecule has 0 aliphatic heterocycles. The van der Waals surface area contributed by atoms with Crippen LogP contribution in [-0.2, 0) is 0 Å². The van der Waals surface area contributed by atoms with Crippen molar-refractivity contribution in [1.29, 1.82) is 0 Å². The molecule has 2 aromatic rings. The largest absolute Gasteiger partial charge is 0.234 e. The highest BCUT2D eigenvalue weighted by Gasteiger charge is 2.03. The smallest absolute Gasteiger partial charge is 0.137 e. The normalized spacial score (nSPS) is 10.3. The molecule has 1 aromatic carbocycles. The van der Waals surface area contributed by atoms with Crippen molar-refractivity contribution in [3.05, 3.63) is 52.9 Å². The van der Waals surface area contributed by atoms with E-state index in [1.807, 2.05) is 24.3 Å². The van der Waals surface area contributed by atoms with Gasteiger partial charge in [-0.15, -0.1) is 0 Å². The van der Waals surface area contributed by atoms with E-state index >= 15 is 0 Å². The van der Waals surface area contributed by atoms with Gasteiger partial charge >= 0.3 is 0 Å². The zero-order valence-corrected chi connectivity index (χ0v) is 10.1. The lowest BCUT2D eigenvalue weighted by Crippen LogP contribution is -1.83. The van der Waals surface area contributed by atoms with Gasteiger partial charge in [0.25, 0.3) is 0 Å². The second-order valence-electron chi connectivity index (χ2n) is 2.83. The second-order valence-corrected chi connectivity index (χ2v) is 4.71. The van der Waals surface area contributed by atoms with E-state index in [1.54, 1.807) is 12.1 Å². The predicted molar refractivity (Wildman–Crippen MR) is 62.5 cm³/mol. The van der Waals surface area contributed by atoms with Gasteiger partial charge in [-0.3, -0.25) is 0 Å². The molecule has 0 fully saturated rings. The highest BCUT2D eigenvalue weighted by Crippen LogP contribution is 2.28. The first-order valence-corrected chi connectivity index (χ1v) is 5.91. The first-order valence-electron chi connectivity index (χ1n) is 4.30. The number of hydrogen-bond acceptors (Lipinski definition) is 2. The van der Waals surface area contributed by atoms with Crippen molar-refractivity contribution in [2.24, 2.45) is 0 Å². The molecule has 0 saturated carbocycles. The van der Waals surface area contributed by atoms with E-state index in [2.05, 4.69) is 20.9 Å². The third kappa shape index (κ3) is 2.79. The Labute approximate surface area is 99.9 Å². The van der Waals surface area contributed by atoms with Gasteiger partial charge in [-0.1, -0.05) is 30.0 Å². The lowest BCUT2D eigenvalue weighted by Gasteiger charge is -2.01. The molecular weight excluding hydrogens is 277 g/mol. The van der Waals surface area contributed by atoms with Crippen LogP contribution in [0.5, 0.6) is 0 Å². The van der Waals surface area contributed by atoms with E-state index in [9.17, 15) is 4.39 Å². The van der Waals surface area contributed by atoms with Crippen LogP contribution in [0.1, 0.15) is 0 Å². The van der Waals surface area contributed by atoms with E-state index in [0.29, 0.717) is 4.90 Å². The molecule has 15 heavy (non-hydrogen) atoms. The van der Waals surface area contributed by atoms with Crippen molar-refractivity contribution in [3.8, 4) is 0 Å². The number of hydrogen-bond donors (Lipinski definition) is 0. The van der Waals surface area contributed by atoms with Gasteiger partial charge in [-0.05, 0) is 40.2 Å². The van der Waals surface area contributed by atoms with E-state index < -0.39 is 0 Å². The van der Waals surface area contributed by atoms with Gasteiger partial charge in [0, 0.05) is 4.90 Å². The lowest BCUT2D eigenvalue weighted by atomic mass is 10.3. The van der Waals surface area contributed by atoms with Crippen molar-refractivity contribution in [2.75, 3.05) is 0 Å². The third-order valence-electron chi connectivity index (χ3n) is 1.74. The van der Waals surface area contributed by atoms with Crippen molar-refractivity contribution in [2.45, 2.75) is 9.92 Å². The van der Waals surface area contributed by atoms with Gasteiger partial charge in [0.1, 0.15) is 15.4 Å². The van der Waals surface area contributed by atoms with Crippen LogP contribution in [0.15, 0.2) is 57.0 Å². The van der Waals surface area contributed by atoms with Crippen LogP contribution in [-0.4, -0.2) is 4.98 Å². The van der Waals surface area contributed by atoms with Crippen LogP contribution < -0.4 is 0 Å². The molecule has 2 rings (SSSR count). The maximum atomic E-state index is 13.3. The average molecular weight is 284 g/mol. The van der Waals surface area contributed by atoms with Crippen molar-refractivity contribution < 1.29 is 4.39 Å². The summed E-state index contributed by atoms with van der Waals surface area (Å²) in [5.41, 5.74) is 0. The van der Waals surface area contributed by atoms with Gasteiger partial charge in [-0.2, -0.15) is 0 Å². The highest BCUT2D eigenvalue weighted by molar-refractivity contribution is 9.10. The molecule has 0 unspecified atom stereocenters. The molecule has 1 nitrogen and oxygen atoms in total. The predicted octanol–water partition coefficient (Wildman–Crippen LogP) is 4.13. The number of aromatic nitrogens is 1. The summed E-state index contributed by atoms with van der Waals surface area (Å²) in [6.45, 7) is 0. The molecule has 0 saturated heterocycles. The minimum atomic E-state index is -0.218. The Balaban J connectivity index is 2.26. The first kappa shape index (κ1) is 10.6. The Bertz CT molecular complexity index is 476. The maximum absolute atomic E-state index is 13.3. The Morgan fingerprint density at radius 1 is 1.07 bits per heavy atom. The molecule has 76 valence electrons. The molecule has 0 spiro atoms. The van der Waals surface area contributed by atoms with E-state index in [-0.39, 0.29) is 5.82 Å². The SMILES string of the molecule is Fc1ccccc1Sc1cccc(Br)n1. The Kier molecular flexibility index (Phi) is 3.38. The number of rotatable bonds is 2. The monoisotopic (exact) mass is 283 g/mol. The third-order valence-corrected chi connectivity index (χ3v) is 3.17. The molecular formula is C11H7BrFNS. The molecule has 0 atom stereocenters. The minimum absolute atomic E-state index is 0.218. The van der Waals surface area contributed by atoms with Crippen LogP contribution >= 0.6 is 27.7 Å². The first-order chi connectivity index (χ1) is 7.25. The minimum Gasteiger partial charge on any atom is -0.234 e. The van der Waals surface area contributed by atoms with Gasteiger partial charge < -0.3 is 0 Å². The standard InChI is InChI=1S/C11H7BrFNS/c12-10-6-3-7-11(14-10)15-9-5-2-1-4-8(9)13/h1-7H. The van der Waals surface area contributed by atoms with E-state index in [4.69, 9.17) is 0 Å². The fraction of sp³-hybridized carbons (Fsp3) is 0. The molecule has 0 bridgehead atoms. The number of halogens is 2. The number of benzene rings is 1. The van der Waals surface area contributed by atoms with E-state index in [1.165, 1.54) is 17.8 Å². The van der Waals surface area contributed by atoms with Crippen LogP contribution in [0.2, 0.25) is 0 Å². The summed E-state index contributed by atoms with van der Waals surface area (Å²) >= 11 is 4.59. The topological polar surface area (TPSA) is 12.9 Å². The summed E-state index contributed by atoms with van der Waals surface area (Å²) in [7, 11) is 0. The van der Waals surface area contributed by atoms with Crippen LogP contribution in [0.25, 0.3) is 0 Å². The number of nitrogens with zero attached hydrogens (tertiary/aromatic N) is 1. The number of pyridine rings is 1. The Hall–Kier alpha value is -0.870. The summed E-state index contributed by atoms with van der Waals surface area (Å²) in [5, 5.41) is 0.773. The maximum Gasteiger partial charge on any atom is 0.137 e. The van der Waals surface area contributed by atoms with Crippen molar-refractivity contribution >= 4 is 27.7 Å². The fourth-order valence-corrected chi connectivity index (χ4v) is 2.38. The molecule has 1 heterocycles. The quantitative estimate of drug-likeness (QED) is 0.769. The van der Waals surface area contributed by atoms with Crippen molar-refractivity contribution in [1.82, 2.24) is 4.98 Å². The van der Waals surface area contributed by atoms with Crippen molar-refractivity contribution in [3.63, 3.8) is 0 Å². The molecule has 4 heteroatoms. The van der Waals surface area contributed by atoms with Gasteiger partial charge in [0.15, 0.2) is 0 Å². The summed E-state index contributed by atoms with van der Waals surface area (Å²) < 4.78 is 14.1. The summed E-state index contributed by atoms with van der Waals surface area (Å²) in [4.78, 5) is 4.81. The summed E-state index contributed by atoms with van der Waals surface area (Å²) in [5.74, 6) is -0.218. The average Bonchev–Trinajstić information content (AvgIpc) is 2.22. The molecule has 0 aliphatic carbocycles. The lowest BCUT2D eigenvalue weighted by molar-refractivity contribution is 0.602. The molecule has 0 N–H and O–H groups in total. The van der Waals surface area contributed by atoms with Crippen LogP contribution in [0.4, 0.5) is 4.39 Å². The summed E-state index contributed by atoms with van der Waals surface area (Å²) in [6.07, 6.45) is 0. The highest BCUT2D eigenvalue weighted by atomic mass is 79.9. The Morgan fingerprint density at radius 2 is 1.87 bits per heavy atom. The van der Waals surface area contributed by atoms with E-state index in [0.717, 1.165) is 9.63 Å². The molecule has 0 radical (unpaired) electrons. The van der Waals surface area contributed by atoms with Crippen LogP contribution in [0.3, 0.4) is 0 Å². The molecule has 0 aliphatic rings. The van der Waals surface area contributed by atoms with Gasteiger partial charge in [-0.25, -0.2) is 9.37 Å². The summed E-state index contributed by atoms with van der Waals surface area (Å²) in [6, 6.07) is 12.2. The van der Waals surface area contributed by atoms with Crippen LogP contribution in [0, 0.1) is 5.82 Å². The molecule has 0 amide bonds. The fourth-order valence-electron chi connectivity index (χ4n) is 1.09. The zero-order valence-electron chi connectivity index (χ0n) is 7.65. The second kappa shape index (κ2) is 4.77. The molecule has 1 aromatic heterocycles. The van der Waals surface area contributed by atoms with Gasteiger partial charge in [0.2, 0.25) is 0 Å². The zero-order chi connectivity index (χ0) is 10.7. The Morgan fingerprint density at radius 3 is 2.60 bits per heavy atom. The van der Waals surface area contributed by atoms with Gasteiger partial charge in [0.05, 0.1) is 0 Å².